The molecule has 0 aliphatic rings. The lowest BCUT2D eigenvalue weighted by molar-refractivity contribution is -0.0227. The maximum absolute atomic E-state index is 6.07. The first kappa shape index (κ1) is 14.8. The predicted molar refractivity (Wildman–Crippen MR) is 77.0 cm³/mol. The van der Waals surface area contributed by atoms with Crippen LogP contribution in [0.1, 0.15) is 32.8 Å². The van der Waals surface area contributed by atoms with Crippen LogP contribution in [0.15, 0.2) is 42.6 Å². The van der Waals surface area contributed by atoms with E-state index in [4.69, 9.17) is 10.5 Å². The van der Waals surface area contributed by atoms with Gasteiger partial charge < -0.3 is 10.5 Å². The summed E-state index contributed by atoms with van der Waals surface area (Å²) >= 11 is 0. The molecular formula is C16H25NO. The van der Waals surface area contributed by atoms with Crippen molar-refractivity contribution in [2.75, 3.05) is 0 Å². The second kappa shape index (κ2) is 7.93. The summed E-state index contributed by atoms with van der Waals surface area (Å²) in [6.07, 6.45) is 4.85. The van der Waals surface area contributed by atoms with Crippen LogP contribution in [-0.2, 0) is 11.3 Å². The first-order valence-corrected chi connectivity index (χ1v) is 6.67. The van der Waals surface area contributed by atoms with Crippen molar-refractivity contribution < 1.29 is 4.74 Å². The van der Waals surface area contributed by atoms with E-state index in [-0.39, 0.29) is 6.10 Å². The normalized spacial score (nSPS) is 15.1. The maximum Gasteiger partial charge on any atom is 0.0720 e. The standard InChI is InChI=1S/C16H25NO/c1-13(2)16(14(3)8-7-11-17)18-12-15-9-5-4-6-10-15/h4-7,9-11,13-14,16H,8,12,17H2,1-3H3/b11-7+/t14-,16+/m0/s1. The highest BCUT2D eigenvalue weighted by Gasteiger charge is 2.20. The van der Waals surface area contributed by atoms with Crippen molar-refractivity contribution >= 4 is 0 Å². The SMILES string of the molecule is CC(C)[C@@H](OCc1ccccc1)[C@@H](C)C/C=C/N. The van der Waals surface area contributed by atoms with Gasteiger partial charge in [-0.2, -0.15) is 0 Å². The van der Waals surface area contributed by atoms with E-state index in [2.05, 4.69) is 32.9 Å². The molecule has 0 fully saturated rings. The highest BCUT2D eigenvalue weighted by Crippen LogP contribution is 2.21. The minimum Gasteiger partial charge on any atom is -0.405 e. The minimum absolute atomic E-state index is 0.265. The number of benzene rings is 1. The quantitative estimate of drug-likeness (QED) is 0.797. The van der Waals surface area contributed by atoms with Crippen molar-refractivity contribution in [2.24, 2.45) is 17.6 Å². The summed E-state index contributed by atoms with van der Waals surface area (Å²) in [6, 6.07) is 10.3. The van der Waals surface area contributed by atoms with Crippen molar-refractivity contribution in [2.45, 2.75) is 39.9 Å². The van der Waals surface area contributed by atoms with Crippen molar-refractivity contribution in [1.29, 1.82) is 0 Å². The first-order chi connectivity index (χ1) is 8.65. The maximum atomic E-state index is 6.07. The summed E-state index contributed by atoms with van der Waals surface area (Å²) in [4.78, 5) is 0. The summed E-state index contributed by atoms with van der Waals surface area (Å²) < 4.78 is 6.07. The second-order valence-corrected chi connectivity index (χ2v) is 5.15. The fourth-order valence-electron chi connectivity index (χ4n) is 2.21. The van der Waals surface area contributed by atoms with Gasteiger partial charge in [-0.1, -0.05) is 57.2 Å². The van der Waals surface area contributed by atoms with Crippen LogP contribution in [0.4, 0.5) is 0 Å². The Morgan fingerprint density at radius 3 is 2.39 bits per heavy atom. The molecule has 2 N–H and O–H groups in total. The van der Waals surface area contributed by atoms with E-state index >= 15 is 0 Å². The van der Waals surface area contributed by atoms with Crippen LogP contribution < -0.4 is 5.73 Å². The lowest BCUT2D eigenvalue weighted by atomic mass is 9.92. The molecule has 1 rings (SSSR count). The lowest BCUT2D eigenvalue weighted by Crippen LogP contribution is -2.27. The van der Waals surface area contributed by atoms with Crippen LogP contribution in [0.5, 0.6) is 0 Å². The molecule has 1 aromatic rings. The van der Waals surface area contributed by atoms with Gasteiger partial charge in [-0.25, -0.2) is 0 Å². The molecule has 0 unspecified atom stereocenters. The van der Waals surface area contributed by atoms with Crippen LogP contribution in [0.25, 0.3) is 0 Å². The second-order valence-electron chi connectivity index (χ2n) is 5.15. The van der Waals surface area contributed by atoms with Gasteiger partial charge in [0.1, 0.15) is 0 Å². The highest BCUT2D eigenvalue weighted by atomic mass is 16.5. The number of nitrogens with two attached hydrogens (primary N) is 1. The largest absolute Gasteiger partial charge is 0.405 e. The molecule has 0 radical (unpaired) electrons. The minimum atomic E-state index is 0.265. The molecule has 2 heteroatoms. The van der Waals surface area contributed by atoms with Gasteiger partial charge >= 0.3 is 0 Å². The highest BCUT2D eigenvalue weighted by molar-refractivity contribution is 5.13. The van der Waals surface area contributed by atoms with E-state index in [1.54, 1.807) is 6.20 Å². The third-order valence-corrected chi connectivity index (χ3v) is 3.15. The van der Waals surface area contributed by atoms with Crippen LogP contribution in [0.3, 0.4) is 0 Å². The van der Waals surface area contributed by atoms with E-state index in [0.717, 1.165) is 6.42 Å². The molecule has 2 atom stereocenters. The molecule has 0 aliphatic carbocycles. The van der Waals surface area contributed by atoms with Gasteiger partial charge in [-0.05, 0) is 30.0 Å². The van der Waals surface area contributed by atoms with Gasteiger partial charge in [0, 0.05) is 0 Å². The van der Waals surface area contributed by atoms with E-state index in [1.165, 1.54) is 5.56 Å². The number of hydrogen-bond acceptors (Lipinski definition) is 2. The summed E-state index contributed by atoms with van der Waals surface area (Å²) in [5, 5.41) is 0. The van der Waals surface area contributed by atoms with E-state index in [1.807, 2.05) is 24.3 Å². The average molecular weight is 247 g/mol. The summed E-state index contributed by atoms with van der Waals surface area (Å²) in [5.74, 6) is 0.989. The van der Waals surface area contributed by atoms with Crippen LogP contribution in [0, 0.1) is 11.8 Å². The molecule has 0 saturated heterocycles. The number of rotatable bonds is 7. The van der Waals surface area contributed by atoms with Crippen molar-refractivity contribution in [3.8, 4) is 0 Å². The van der Waals surface area contributed by atoms with Gasteiger partial charge in [0.05, 0.1) is 12.7 Å². The van der Waals surface area contributed by atoms with Gasteiger partial charge in [0.25, 0.3) is 0 Å². The molecule has 2 nitrogen and oxygen atoms in total. The topological polar surface area (TPSA) is 35.2 Å². The zero-order valence-corrected chi connectivity index (χ0v) is 11.7. The molecule has 100 valence electrons. The average Bonchev–Trinajstić information content (AvgIpc) is 2.37. The number of hydrogen-bond donors (Lipinski definition) is 1. The fourth-order valence-corrected chi connectivity index (χ4v) is 2.21. The molecule has 0 amide bonds. The Hall–Kier alpha value is -1.28. The molecule has 18 heavy (non-hydrogen) atoms. The Kier molecular flexibility index (Phi) is 6.51. The molecule has 1 aromatic carbocycles. The summed E-state index contributed by atoms with van der Waals surface area (Å²) in [7, 11) is 0. The molecule has 0 aliphatic heterocycles. The number of ether oxygens (including phenoxy) is 1. The molecule has 0 bridgehead atoms. The Morgan fingerprint density at radius 2 is 1.83 bits per heavy atom. The van der Waals surface area contributed by atoms with Gasteiger partial charge in [0.15, 0.2) is 0 Å². The first-order valence-electron chi connectivity index (χ1n) is 6.67. The predicted octanol–water partition coefficient (Wildman–Crippen LogP) is 3.73. The zero-order valence-electron chi connectivity index (χ0n) is 11.7. The van der Waals surface area contributed by atoms with Crippen LogP contribution in [0.2, 0.25) is 0 Å². The Bertz CT molecular complexity index is 345. The molecule has 0 aromatic heterocycles. The monoisotopic (exact) mass is 247 g/mol. The van der Waals surface area contributed by atoms with Gasteiger partial charge in [-0.15, -0.1) is 0 Å². The summed E-state index contributed by atoms with van der Waals surface area (Å²) in [5.41, 5.74) is 6.62. The lowest BCUT2D eigenvalue weighted by Gasteiger charge is -2.27. The fraction of sp³-hybridized carbons (Fsp3) is 0.500. The number of allylic oxidation sites excluding steroid dienone is 1. The Balaban J connectivity index is 2.52. The van der Waals surface area contributed by atoms with Gasteiger partial charge in [0.2, 0.25) is 0 Å². The van der Waals surface area contributed by atoms with E-state index in [0.29, 0.717) is 18.4 Å². The molecular weight excluding hydrogens is 222 g/mol. The Labute approximate surface area is 111 Å². The van der Waals surface area contributed by atoms with E-state index in [9.17, 15) is 0 Å². The van der Waals surface area contributed by atoms with Crippen molar-refractivity contribution in [3.05, 3.63) is 48.2 Å². The van der Waals surface area contributed by atoms with Crippen molar-refractivity contribution in [3.63, 3.8) is 0 Å². The van der Waals surface area contributed by atoms with E-state index < -0.39 is 0 Å². The molecule has 0 saturated carbocycles. The van der Waals surface area contributed by atoms with Gasteiger partial charge in [-0.3, -0.25) is 0 Å². The zero-order chi connectivity index (χ0) is 13.4. The summed E-state index contributed by atoms with van der Waals surface area (Å²) in [6.45, 7) is 7.31. The third kappa shape index (κ3) is 4.92. The third-order valence-electron chi connectivity index (χ3n) is 3.15. The smallest absolute Gasteiger partial charge is 0.0720 e. The van der Waals surface area contributed by atoms with Crippen LogP contribution >= 0.6 is 0 Å². The molecule has 0 heterocycles. The van der Waals surface area contributed by atoms with Crippen LogP contribution in [-0.4, -0.2) is 6.10 Å². The molecule has 0 spiro atoms. The van der Waals surface area contributed by atoms with Crippen molar-refractivity contribution in [1.82, 2.24) is 0 Å². The Morgan fingerprint density at radius 1 is 1.17 bits per heavy atom.